The molecule has 3 N–H and O–H groups in total. The van der Waals surface area contributed by atoms with Crippen LogP contribution in [0.2, 0.25) is 0 Å². The third-order valence-corrected chi connectivity index (χ3v) is 3.76. The Kier molecular flexibility index (Phi) is 3.74. The molecule has 0 aliphatic carbocycles. The van der Waals surface area contributed by atoms with Gasteiger partial charge in [0.15, 0.2) is 0 Å². The number of carbonyl (C=O) groups is 1. The second kappa shape index (κ2) is 5.69. The molecular weight excluding hydrogens is 377 g/mol. The van der Waals surface area contributed by atoms with Gasteiger partial charge in [0.1, 0.15) is 11.5 Å². The molecule has 0 aliphatic rings. The minimum absolute atomic E-state index is 0.269. The van der Waals surface area contributed by atoms with Gasteiger partial charge >= 0.3 is 0 Å². The van der Waals surface area contributed by atoms with Crippen LogP contribution in [0.5, 0.6) is 0 Å². The Morgan fingerprint density at radius 1 is 1.10 bits per heavy atom. The molecule has 0 aliphatic heterocycles. The number of fused-ring (bicyclic) bond motifs is 1. The fourth-order valence-corrected chi connectivity index (χ4v) is 2.65. The van der Waals surface area contributed by atoms with E-state index in [4.69, 9.17) is 5.73 Å². The molecule has 5 heteroatoms. The summed E-state index contributed by atoms with van der Waals surface area (Å²) in [6.45, 7) is 0. The Labute approximate surface area is 135 Å². The number of carbonyl (C=O) groups excluding carboxylic acids is 1. The monoisotopic (exact) mass is 389 g/mol. The van der Waals surface area contributed by atoms with Gasteiger partial charge in [-0.15, -0.1) is 0 Å². The van der Waals surface area contributed by atoms with Gasteiger partial charge in [0.2, 0.25) is 0 Å². The van der Waals surface area contributed by atoms with Crippen molar-refractivity contribution in [3.8, 4) is 0 Å². The third kappa shape index (κ3) is 2.97. The molecule has 3 rings (SSSR count). The molecule has 0 spiro atoms. The number of anilines is 2. The topological polar surface area (TPSA) is 68.0 Å². The zero-order valence-electron chi connectivity index (χ0n) is 11.0. The van der Waals surface area contributed by atoms with Crippen molar-refractivity contribution in [3.63, 3.8) is 0 Å². The van der Waals surface area contributed by atoms with E-state index in [1.165, 1.54) is 0 Å². The number of benzene rings is 2. The quantitative estimate of drug-likeness (QED) is 0.658. The number of amides is 1. The van der Waals surface area contributed by atoms with Crippen LogP contribution in [0.15, 0.2) is 54.6 Å². The molecule has 2 aromatic carbocycles. The molecule has 1 aromatic heterocycles. The minimum Gasteiger partial charge on any atom is -0.383 e. The maximum atomic E-state index is 12.3. The Hall–Kier alpha value is -2.15. The molecule has 1 amide bonds. The zero-order valence-corrected chi connectivity index (χ0v) is 13.2. The molecule has 4 nitrogen and oxygen atoms in total. The molecule has 0 saturated carbocycles. The third-order valence-electron chi connectivity index (χ3n) is 3.08. The number of nitrogens with two attached hydrogens (primary N) is 1. The zero-order chi connectivity index (χ0) is 14.8. The second-order valence-electron chi connectivity index (χ2n) is 4.58. The van der Waals surface area contributed by atoms with E-state index in [0.717, 1.165) is 20.0 Å². The van der Waals surface area contributed by atoms with Crippen LogP contribution in [0.3, 0.4) is 0 Å². The average Bonchev–Trinajstić information content (AvgIpc) is 2.47. The van der Waals surface area contributed by atoms with Crippen molar-refractivity contribution in [2.75, 3.05) is 11.1 Å². The fraction of sp³-hybridized carbons (Fsp3) is 0. The van der Waals surface area contributed by atoms with Gasteiger partial charge in [-0.3, -0.25) is 4.79 Å². The van der Waals surface area contributed by atoms with Crippen molar-refractivity contribution in [2.24, 2.45) is 0 Å². The van der Waals surface area contributed by atoms with Crippen LogP contribution in [0.4, 0.5) is 11.5 Å². The van der Waals surface area contributed by atoms with Gasteiger partial charge in [-0.25, -0.2) is 4.98 Å². The molecule has 0 atom stereocenters. The average molecular weight is 389 g/mol. The van der Waals surface area contributed by atoms with Gasteiger partial charge < -0.3 is 11.1 Å². The van der Waals surface area contributed by atoms with Crippen LogP contribution < -0.4 is 11.1 Å². The first-order valence-electron chi connectivity index (χ1n) is 6.36. The SMILES string of the molecule is Nc1nc(C(=O)Nc2cccc(I)c2)cc2ccccc12. The van der Waals surface area contributed by atoms with Crippen molar-refractivity contribution < 1.29 is 4.79 Å². The summed E-state index contributed by atoms with van der Waals surface area (Å²) in [5.41, 5.74) is 6.97. The van der Waals surface area contributed by atoms with E-state index in [1.807, 2.05) is 48.5 Å². The van der Waals surface area contributed by atoms with Gasteiger partial charge in [0.05, 0.1) is 0 Å². The Morgan fingerprint density at radius 3 is 2.71 bits per heavy atom. The number of nitrogens with one attached hydrogen (secondary N) is 1. The van der Waals surface area contributed by atoms with E-state index in [9.17, 15) is 4.79 Å². The normalized spacial score (nSPS) is 10.5. The van der Waals surface area contributed by atoms with E-state index >= 15 is 0 Å². The molecule has 21 heavy (non-hydrogen) atoms. The predicted octanol–water partition coefficient (Wildman–Crippen LogP) is 3.67. The summed E-state index contributed by atoms with van der Waals surface area (Å²) in [6, 6.07) is 16.9. The standard InChI is InChI=1S/C16H12IN3O/c17-11-5-3-6-12(9-11)19-16(21)14-8-10-4-1-2-7-13(10)15(18)20-14/h1-9H,(H2,18,20)(H,19,21). The number of rotatable bonds is 2. The van der Waals surface area contributed by atoms with E-state index in [-0.39, 0.29) is 5.91 Å². The van der Waals surface area contributed by atoms with Crippen LogP contribution in [-0.4, -0.2) is 10.9 Å². The second-order valence-corrected chi connectivity index (χ2v) is 5.82. The van der Waals surface area contributed by atoms with Gasteiger partial charge in [0.25, 0.3) is 5.91 Å². The number of halogens is 1. The summed E-state index contributed by atoms with van der Waals surface area (Å²) in [4.78, 5) is 16.5. The van der Waals surface area contributed by atoms with Crippen molar-refractivity contribution >= 4 is 50.8 Å². The highest BCUT2D eigenvalue weighted by Gasteiger charge is 2.11. The Bertz CT molecular complexity index is 833. The van der Waals surface area contributed by atoms with E-state index in [0.29, 0.717) is 11.5 Å². The molecule has 0 unspecified atom stereocenters. The minimum atomic E-state index is -0.269. The summed E-state index contributed by atoms with van der Waals surface area (Å²) in [5.74, 6) is 0.0929. The lowest BCUT2D eigenvalue weighted by atomic mass is 10.1. The fourth-order valence-electron chi connectivity index (χ4n) is 2.10. The van der Waals surface area contributed by atoms with Gasteiger partial charge in [-0.1, -0.05) is 30.3 Å². The maximum absolute atomic E-state index is 12.3. The maximum Gasteiger partial charge on any atom is 0.274 e. The highest BCUT2D eigenvalue weighted by Crippen LogP contribution is 2.21. The predicted molar refractivity (Wildman–Crippen MR) is 93.3 cm³/mol. The number of hydrogen-bond donors (Lipinski definition) is 2. The summed E-state index contributed by atoms with van der Waals surface area (Å²) >= 11 is 2.20. The smallest absolute Gasteiger partial charge is 0.274 e. The lowest BCUT2D eigenvalue weighted by Gasteiger charge is -2.07. The van der Waals surface area contributed by atoms with Crippen molar-refractivity contribution in [2.45, 2.75) is 0 Å². The lowest BCUT2D eigenvalue weighted by molar-refractivity contribution is 0.102. The molecule has 1 heterocycles. The summed E-state index contributed by atoms with van der Waals surface area (Å²) in [5, 5.41) is 4.58. The molecular formula is C16H12IN3O. The van der Waals surface area contributed by atoms with E-state index in [1.54, 1.807) is 6.07 Å². The summed E-state index contributed by atoms with van der Waals surface area (Å²) in [6.07, 6.45) is 0. The number of hydrogen-bond acceptors (Lipinski definition) is 3. The molecule has 3 aromatic rings. The molecule has 104 valence electrons. The number of pyridine rings is 1. The first kappa shape index (κ1) is 13.8. The lowest BCUT2D eigenvalue weighted by Crippen LogP contribution is -2.14. The number of nitrogens with zero attached hydrogens (tertiary/aromatic N) is 1. The van der Waals surface area contributed by atoms with Gasteiger partial charge in [-0.2, -0.15) is 0 Å². The van der Waals surface area contributed by atoms with Gasteiger partial charge in [0, 0.05) is 14.6 Å². The number of aromatic nitrogens is 1. The summed E-state index contributed by atoms with van der Waals surface area (Å²) < 4.78 is 1.05. The highest BCUT2D eigenvalue weighted by atomic mass is 127. The molecule has 0 saturated heterocycles. The van der Waals surface area contributed by atoms with E-state index < -0.39 is 0 Å². The molecule has 0 bridgehead atoms. The van der Waals surface area contributed by atoms with Crippen molar-refractivity contribution in [1.82, 2.24) is 4.98 Å². The van der Waals surface area contributed by atoms with Crippen LogP contribution in [0.25, 0.3) is 10.8 Å². The summed E-state index contributed by atoms with van der Waals surface area (Å²) in [7, 11) is 0. The first-order chi connectivity index (χ1) is 10.1. The van der Waals surface area contributed by atoms with E-state index in [2.05, 4.69) is 32.9 Å². The highest BCUT2D eigenvalue weighted by molar-refractivity contribution is 14.1. The van der Waals surface area contributed by atoms with Crippen molar-refractivity contribution in [1.29, 1.82) is 0 Å². The molecule has 0 fully saturated rings. The largest absolute Gasteiger partial charge is 0.383 e. The Balaban J connectivity index is 1.94. The molecule has 0 radical (unpaired) electrons. The van der Waals surface area contributed by atoms with Crippen LogP contribution in [-0.2, 0) is 0 Å². The van der Waals surface area contributed by atoms with Crippen LogP contribution >= 0.6 is 22.6 Å². The first-order valence-corrected chi connectivity index (χ1v) is 7.43. The van der Waals surface area contributed by atoms with Crippen LogP contribution in [0.1, 0.15) is 10.5 Å². The number of nitrogen functional groups attached to an aromatic ring is 1. The van der Waals surface area contributed by atoms with Crippen LogP contribution in [0, 0.1) is 3.57 Å². The van der Waals surface area contributed by atoms with Crippen molar-refractivity contribution in [3.05, 3.63) is 63.9 Å². The van der Waals surface area contributed by atoms with Gasteiger partial charge in [-0.05, 0) is 52.2 Å². The Morgan fingerprint density at radius 2 is 1.90 bits per heavy atom.